The predicted molar refractivity (Wildman–Crippen MR) is 68.0 cm³/mol. The number of aryl methyl sites for hydroxylation is 1. The van der Waals surface area contributed by atoms with Crippen molar-refractivity contribution in [3.05, 3.63) is 29.3 Å². The van der Waals surface area contributed by atoms with E-state index in [-0.39, 0.29) is 0 Å². The van der Waals surface area contributed by atoms with Crippen molar-refractivity contribution in [2.45, 2.75) is 13.3 Å². The van der Waals surface area contributed by atoms with Gasteiger partial charge < -0.3 is 15.4 Å². The van der Waals surface area contributed by atoms with E-state index >= 15 is 0 Å². The Morgan fingerprint density at radius 2 is 2.06 bits per heavy atom. The Labute approximate surface area is 98.2 Å². The number of hydrogen-bond donors (Lipinski definition) is 1. The lowest BCUT2D eigenvalue weighted by molar-refractivity contribution is 0.348. The second-order valence-corrected chi connectivity index (χ2v) is 4.15. The molecular weight excluding hydrogens is 200 g/mol. The molecule has 0 aliphatic carbocycles. The molecule has 0 amide bonds. The van der Waals surface area contributed by atoms with Gasteiger partial charge in [0.05, 0.1) is 7.11 Å². The Morgan fingerprint density at radius 3 is 2.62 bits per heavy atom. The summed E-state index contributed by atoms with van der Waals surface area (Å²) in [5.74, 6) is 0.957. The summed E-state index contributed by atoms with van der Waals surface area (Å²) in [4.78, 5) is 2.25. The maximum atomic E-state index is 5.50. The van der Waals surface area contributed by atoms with Crippen LogP contribution in [0.5, 0.6) is 5.75 Å². The zero-order chi connectivity index (χ0) is 12.0. The fourth-order valence-corrected chi connectivity index (χ4v) is 1.75. The van der Waals surface area contributed by atoms with Crippen LogP contribution in [0.1, 0.15) is 11.1 Å². The second kappa shape index (κ2) is 6.51. The normalized spacial score (nSPS) is 10.8. The lowest BCUT2D eigenvalue weighted by Gasteiger charge is -2.15. The number of methoxy groups -OCH3 is 1. The molecule has 0 heterocycles. The molecule has 16 heavy (non-hydrogen) atoms. The molecule has 0 saturated heterocycles. The summed E-state index contributed by atoms with van der Waals surface area (Å²) in [5, 5.41) is 0. The molecule has 2 N–H and O–H groups in total. The van der Waals surface area contributed by atoms with E-state index in [0.29, 0.717) is 0 Å². The molecule has 1 rings (SSSR count). The van der Waals surface area contributed by atoms with Crippen molar-refractivity contribution < 1.29 is 4.74 Å². The molecule has 1 aromatic carbocycles. The highest BCUT2D eigenvalue weighted by Gasteiger charge is 2.01. The number of hydrogen-bond acceptors (Lipinski definition) is 3. The van der Waals surface area contributed by atoms with E-state index in [1.807, 2.05) is 6.07 Å². The van der Waals surface area contributed by atoms with Crippen LogP contribution >= 0.6 is 0 Å². The Bertz CT molecular complexity index is 326. The molecule has 0 fully saturated rings. The molecule has 1 aromatic rings. The number of rotatable bonds is 6. The highest BCUT2D eigenvalue weighted by atomic mass is 16.5. The quantitative estimate of drug-likeness (QED) is 0.791. The fourth-order valence-electron chi connectivity index (χ4n) is 1.75. The van der Waals surface area contributed by atoms with E-state index in [0.717, 1.165) is 31.8 Å². The first-order valence-corrected chi connectivity index (χ1v) is 5.69. The number of nitrogens with two attached hydrogens (primary N) is 1. The molecule has 0 bridgehead atoms. The van der Waals surface area contributed by atoms with Gasteiger partial charge in [-0.15, -0.1) is 0 Å². The summed E-state index contributed by atoms with van der Waals surface area (Å²) >= 11 is 0. The van der Waals surface area contributed by atoms with Crippen LogP contribution in [0.15, 0.2) is 18.2 Å². The van der Waals surface area contributed by atoms with Crippen LogP contribution in [0, 0.1) is 6.92 Å². The van der Waals surface area contributed by atoms with Crippen molar-refractivity contribution in [2.75, 3.05) is 33.8 Å². The van der Waals surface area contributed by atoms with Crippen LogP contribution in [-0.2, 0) is 6.42 Å². The van der Waals surface area contributed by atoms with Crippen LogP contribution in [0.3, 0.4) is 0 Å². The SMILES string of the molecule is COc1ccc(CCN(C)CCN)cc1C. The van der Waals surface area contributed by atoms with E-state index in [4.69, 9.17) is 10.5 Å². The van der Waals surface area contributed by atoms with Gasteiger partial charge in [0.25, 0.3) is 0 Å². The number of likely N-dealkylation sites (N-methyl/N-ethyl adjacent to an activating group) is 1. The van der Waals surface area contributed by atoms with Gasteiger partial charge in [-0.25, -0.2) is 0 Å². The third-order valence-electron chi connectivity index (χ3n) is 2.75. The highest BCUT2D eigenvalue weighted by molar-refractivity contribution is 5.36. The Hall–Kier alpha value is -1.06. The summed E-state index contributed by atoms with van der Waals surface area (Å²) in [7, 11) is 3.81. The first-order valence-electron chi connectivity index (χ1n) is 5.69. The molecule has 0 aromatic heterocycles. The molecule has 0 saturated carbocycles. The Morgan fingerprint density at radius 1 is 1.31 bits per heavy atom. The molecule has 3 heteroatoms. The monoisotopic (exact) mass is 222 g/mol. The van der Waals surface area contributed by atoms with E-state index in [9.17, 15) is 0 Å². The van der Waals surface area contributed by atoms with Crippen molar-refractivity contribution in [2.24, 2.45) is 5.73 Å². The van der Waals surface area contributed by atoms with E-state index in [1.165, 1.54) is 11.1 Å². The van der Waals surface area contributed by atoms with E-state index in [1.54, 1.807) is 7.11 Å². The fraction of sp³-hybridized carbons (Fsp3) is 0.538. The van der Waals surface area contributed by atoms with Gasteiger partial charge in [-0.3, -0.25) is 0 Å². The predicted octanol–water partition coefficient (Wildman–Crippen LogP) is 1.44. The maximum Gasteiger partial charge on any atom is 0.121 e. The minimum absolute atomic E-state index is 0.720. The van der Waals surface area contributed by atoms with Gasteiger partial charge in [-0.05, 0) is 37.6 Å². The topological polar surface area (TPSA) is 38.5 Å². The van der Waals surface area contributed by atoms with Gasteiger partial charge >= 0.3 is 0 Å². The Balaban J connectivity index is 2.51. The highest BCUT2D eigenvalue weighted by Crippen LogP contribution is 2.18. The minimum atomic E-state index is 0.720. The number of nitrogens with zero attached hydrogens (tertiary/aromatic N) is 1. The van der Waals surface area contributed by atoms with Crippen molar-refractivity contribution >= 4 is 0 Å². The van der Waals surface area contributed by atoms with Gasteiger partial charge in [0.15, 0.2) is 0 Å². The molecule has 0 unspecified atom stereocenters. The number of benzene rings is 1. The first-order chi connectivity index (χ1) is 7.67. The molecule has 0 aliphatic heterocycles. The summed E-state index contributed by atoms with van der Waals surface area (Å²) in [6.07, 6.45) is 1.06. The average Bonchev–Trinajstić information content (AvgIpc) is 2.27. The first kappa shape index (κ1) is 13.0. The third-order valence-corrected chi connectivity index (χ3v) is 2.75. The summed E-state index contributed by atoms with van der Waals surface area (Å²) in [5.41, 5.74) is 8.05. The van der Waals surface area contributed by atoms with Crippen molar-refractivity contribution in [3.8, 4) is 5.75 Å². The lowest BCUT2D eigenvalue weighted by Crippen LogP contribution is -2.27. The molecular formula is C13H22N2O. The van der Waals surface area contributed by atoms with E-state index in [2.05, 4.69) is 31.0 Å². The summed E-state index contributed by atoms with van der Waals surface area (Å²) in [6, 6.07) is 6.35. The van der Waals surface area contributed by atoms with Gasteiger partial charge in [-0.2, -0.15) is 0 Å². The number of ether oxygens (including phenoxy) is 1. The van der Waals surface area contributed by atoms with Crippen molar-refractivity contribution in [1.82, 2.24) is 4.90 Å². The second-order valence-electron chi connectivity index (χ2n) is 4.15. The van der Waals surface area contributed by atoms with Crippen LogP contribution in [0.2, 0.25) is 0 Å². The van der Waals surface area contributed by atoms with Gasteiger partial charge in [0.2, 0.25) is 0 Å². The largest absolute Gasteiger partial charge is 0.496 e. The molecule has 0 radical (unpaired) electrons. The van der Waals surface area contributed by atoms with Crippen LogP contribution in [-0.4, -0.2) is 38.7 Å². The standard InChI is InChI=1S/C13H22N2O/c1-11-10-12(4-5-13(11)16-3)6-8-15(2)9-7-14/h4-5,10H,6-9,14H2,1-3H3. The smallest absolute Gasteiger partial charge is 0.121 e. The molecule has 90 valence electrons. The van der Waals surface area contributed by atoms with Crippen LogP contribution in [0.4, 0.5) is 0 Å². The zero-order valence-electron chi connectivity index (χ0n) is 10.5. The van der Waals surface area contributed by atoms with E-state index < -0.39 is 0 Å². The molecule has 0 atom stereocenters. The van der Waals surface area contributed by atoms with Crippen molar-refractivity contribution in [1.29, 1.82) is 0 Å². The van der Waals surface area contributed by atoms with Crippen molar-refractivity contribution in [3.63, 3.8) is 0 Å². The van der Waals surface area contributed by atoms with Crippen LogP contribution in [0.25, 0.3) is 0 Å². The maximum absolute atomic E-state index is 5.50. The molecule has 3 nitrogen and oxygen atoms in total. The van der Waals surface area contributed by atoms with Crippen LogP contribution < -0.4 is 10.5 Å². The van der Waals surface area contributed by atoms with Gasteiger partial charge in [-0.1, -0.05) is 12.1 Å². The average molecular weight is 222 g/mol. The third kappa shape index (κ3) is 3.83. The summed E-state index contributed by atoms with van der Waals surface area (Å²) in [6.45, 7) is 4.79. The van der Waals surface area contributed by atoms with Gasteiger partial charge in [0.1, 0.15) is 5.75 Å². The molecule has 0 spiro atoms. The minimum Gasteiger partial charge on any atom is -0.496 e. The lowest BCUT2D eigenvalue weighted by atomic mass is 10.1. The zero-order valence-corrected chi connectivity index (χ0v) is 10.5. The summed E-state index contributed by atoms with van der Waals surface area (Å²) < 4.78 is 5.24. The Kier molecular flexibility index (Phi) is 5.29. The molecule has 0 aliphatic rings. The van der Waals surface area contributed by atoms with Gasteiger partial charge in [0, 0.05) is 19.6 Å².